The van der Waals surface area contributed by atoms with E-state index in [0.717, 1.165) is 0 Å². The SMILES string of the molecule is CC(C)(COC(C)(C)O)CC(=O)NCCC(=O)Oc1c(F)c(F)c(F)c(F)c1F. The van der Waals surface area contributed by atoms with Crippen molar-refractivity contribution < 1.29 is 46.1 Å². The summed E-state index contributed by atoms with van der Waals surface area (Å²) in [6, 6.07) is 0. The lowest BCUT2D eigenvalue weighted by molar-refractivity contribution is -0.192. The number of rotatable bonds is 9. The number of nitrogens with one attached hydrogen (secondary N) is 1. The average Bonchev–Trinajstić information content (AvgIpc) is 2.59. The number of hydrogen-bond acceptors (Lipinski definition) is 5. The molecule has 164 valence electrons. The summed E-state index contributed by atoms with van der Waals surface area (Å²) >= 11 is 0. The summed E-state index contributed by atoms with van der Waals surface area (Å²) in [5.41, 5.74) is -0.653. The van der Waals surface area contributed by atoms with Crippen LogP contribution in [0.25, 0.3) is 0 Å². The summed E-state index contributed by atoms with van der Waals surface area (Å²) in [5.74, 6) is -16.3. The van der Waals surface area contributed by atoms with Crippen LogP contribution in [0.1, 0.15) is 40.5 Å². The number of amides is 1. The van der Waals surface area contributed by atoms with E-state index in [2.05, 4.69) is 10.1 Å². The van der Waals surface area contributed by atoms with Gasteiger partial charge in [-0.05, 0) is 19.3 Å². The molecule has 0 saturated heterocycles. The van der Waals surface area contributed by atoms with Crippen molar-refractivity contribution in [2.24, 2.45) is 5.41 Å². The molecule has 2 N–H and O–H groups in total. The van der Waals surface area contributed by atoms with Crippen LogP contribution in [0.5, 0.6) is 5.75 Å². The van der Waals surface area contributed by atoms with Crippen LogP contribution in [0.4, 0.5) is 22.0 Å². The molecule has 11 heteroatoms. The molecule has 0 saturated carbocycles. The minimum absolute atomic E-state index is 0.0320. The fourth-order valence-electron chi connectivity index (χ4n) is 2.06. The Morgan fingerprint density at radius 2 is 1.41 bits per heavy atom. The highest BCUT2D eigenvalue weighted by atomic mass is 19.2. The second kappa shape index (κ2) is 9.49. The van der Waals surface area contributed by atoms with Gasteiger partial charge >= 0.3 is 5.97 Å². The molecule has 1 amide bonds. The van der Waals surface area contributed by atoms with Gasteiger partial charge in [-0.2, -0.15) is 8.78 Å². The smallest absolute Gasteiger partial charge is 0.313 e. The second-order valence-corrected chi connectivity index (χ2v) is 7.55. The van der Waals surface area contributed by atoms with Crippen LogP contribution in [-0.2, 0) is 14.3 Å². The third-order valence-electron chi connectivity index (χ3n) is 3.49. The highest BCUT2D eigenvalue weighted by Crippen LogP contribution is 2.29. The molecule has 0 radical (unpaired) electrons. The number of halogens is 5. The van der Waals surface area contributed by atoms with E-state index in [9.17, 15) is 36.6 Å². The third-order valence-corrected chi connectivity index (χ3v) is 3.49. The van der Waals surface area contributed by atoms with Crippen LogP contribution in [0.15, 0.2) is 0 Å². The zero-order valence-corrected chi connectivity index (χ0v) is 16.3. The van der Waals surface area contributed by atoms with Crippen LogP contribution in [0.2, 0.25) is 0 Å². The normalized spacial score (nSPS) is 12.1. The molecule has 1 rings (SSSR count). The number of esters is 1. The fourth-order valence-corrected chi connectivity index (χ4v) is 2.06. The van der Waals surface area contributed by atoms with Crippen molar-refractivity contribution in [3.63, 3.8) is 0 Å². The molecule has 1 aromatic carbocycles. The molecule has 29 heavy (non-hydrogen) atoms. The first-order valence-electron chi connectivity index (χ1n) is 8.50. The molecule has 6 nitrogen and oxygen atoms in total. The maximum Gasteiger partial charge on any atom is 0.313 e. The minimum atomic E-state index is -2.37. The molecule has 0 aliphatic heterocycles. The molecule has 0 spiro atoms. The van der Waals surface area contributed by atoms with Gasteiger partial charge in [-0.1, -0.05) is 13.8 Å². The van der Waals surface area contributed by atoms with Crippen LogP contribution in [-0.4, -0.2) is 35.9 Å². The third kappa shape index (κ3) is 7.58. The Labute approximate surface area is 164 Å². The van der Waals surface area contributed by atoms with Gasteiger partial charge in [-0.15, -0.1) is 0 Å². The highest BCUT2D eigenvalue weighted by molar-refractivity contribution is 5.78. The monoisotopic (exact) mass is 427 g/mol. The maximum atomic E-state index is 13.5. The largest absolute Gasteiger partial charge is 0.420 e. The van der Waals surface area contributed by atoms with E-state index in [4.69, 9.17) is 4.74 Å². The Balaban J connectivity index is 2.55. The summed E-state index contributed by atoms with van der Waals surface area (Å²) < 4.78 is 75.4. The summed E-state index contributed by atoms with van der Waals surface area (Å²) in [4.78, 5) is 23.5. The van der Waals surface area contributed by atoms with E-state index in [0.29, 0.717) is 0 Å². The van der Waals surface area contributed by atoms with E-state index >= 15 is 0 Å². The molecule has 0 unspecified atom stereocenters. The second-order valence-electron chi connectivity index (χ2n) is 7.55. The van der Waals surface area contributed by atoms with Gasteiger partial charge in [0.1, 0.15) is 0 Å². The lowest BCUT2D eigenvalue weighted by Gasteiger charge is -2.28. The Morgan fingerprint density at radius 1 is 0.931 bits per heavy atom. The molecule has 0 atom stereocenters. The van der Waals surface area contributed by atoms with E-state index in [-0.39, 0.29) is 19.6 Å². The van der Waals surface area contributed by atoms with Crippen molar-refractivity contribution in [1.29, 1.82) is 0 Å². The molecule has 1 aromatic rings. The Hall–Kier alpha value is -2.27. The zero-order chi connectivity index (χ0) is 22.6. The number of benzene rings is 1. The van der Waals surface area contributed by atoms with E-state index < -0.39 is 64.3 Å². The van der Waals surface area contributed by atoms with Crippen molar-refractivity contribution in [3.05, 3.63) is 29.1 Å². The van der Waals surface area contributed by atoms with Gasteiger partial charge in [-0.25, -0.2) is 13.2 Å². The van der Waals surface area contributed by atoms with Crippen molar-refractivity contribution >= 4 is 11.9 Å². The highest BCUT2D eigenvalue weighted by Gasteiger charge is 2.29. The van der Waals surface area contributed by atoms with Crippen molar-refractivity contribution in [2.75, 3.05) is 13.2 Å². The zero-order valence-electron chi connectivity index (χ0n) is 16.3. The van der Waals surface area contributed by atoms with Crippen molar-refractivity contribution in [1.82, 2.24) is 5.32 Å². The maximum absolute atomic E-state index is 13.5. The number of carbonyl (C=O) groups excluding carboxylic acids is 2. The fraction of sp³-hybridized carbons (Fsp3) is 0.556. The molecular formula is C18H22F5NO5. The van der Waals surface area contributed by atoms with E-state index in [1.807, 2.05) is 0 Å². The first-order valence-corrected chi connectivity index (χ1v) is 8.50. The lowest BCUT2D eigenvalue weighted by atomic mass is 9.90. The number of aliphatic hydroxyl groups is 1. The van der Waals surface area contributed by atoms with Crippen LogP contribution < -0.4 is 10.1 Å². The van der Waals surface area contributed by atoms with Crippen molar-refractivity contribution in [2.45, 2.75) is 46.3 Å². The summed E-state index contributed by atoms with van der Waals surface area (Å²) in [5, 5.41) is 11.9. The van der Waals surface area contributed by atoms with Crippen LogP contribution >= 0.6 is 0 Å². The number of hydrogen-bond donors (Lipinski definition) is 2. The van der Waals surface area contributed by atoms with Gasteiger partial charge < -0.3 is 19.9 Å². The summed E-state index contributed by atoms with van der Waals surface area (Å²) in [6.45, 7) is 6.03. The topological polar surface area (TPSA) is 84.9 Å². The average molecular weight is 427 g/mol. The standard InChI is InChI=1S/C18H22F5NO5/c1-17(2,8-28-18(3,4)27)7-9(25)24-6-5-10(26)29-16-14(22)12(20)11(19)13(21)15(16)23/h27H,5-8H2,1-4H3,(H,24,25). The van der Waals surface area contributed by atoms with E-state index in [1.165, 1.54) is 13.8 Å². The molecular weight excluding hydrogens is 405 g/mol. The van der Waals surface area contributed by atoms with Gasteiger partial charge in [0.05, 0.1) is 13.0 Å². The molecule has 0 aliphatic rings. The first-order chi connectivity index (χ1) is 13.1. The number of carbonyl (C=O) groups is 2. The van der Waals surface area contributed by atoms with Crippen LogP contribution in [0.3, 0.4) is 0 Å². The predicted octanol–water partition coefficient (Wildman–Crippen LogP) is 2.96. The van der Waals surface area contributed by atoms with Gasteiger partial charge in [0.2, 0.25) is 40.7 Å². The molecule has 0 bridgehead atoms. The van der Waals surface area contributed by atoms with E-state index in [1.54, 1.807) is 13.8 Å². The summed E-state index contributed by atoms with van der Waals surface area (Å²) in [6.07, 6.45) is -0.610. The molecule has 0 aliphatic carbocycles. The van der Waals surface area contributed by atoms with Crippen LogP contribution in [0, 0.1) is 34.5 Å². The van der Waals surface area contributed by atoms with Gasteiger partial charge in [0, 0.05) is 13.0 Å². The summed E-state index contributed by atoms with van der Waals surface area (Å²) in [7, 11) is 0. The number of ether oxygens (including phenoxy) is 2. The minimum Gasteiger partial charge on any atom is -0.420 e. The molecule has 0 heterocycles. The Bertz CT molecular complexity index is 748. The Morgan fingerprint density at radius 3 is 1.90 bits per heavy atom. The predicted molar refractivity (Wildman–Crippen MR) is 90.1 cm³/mol. The van der Waals surface area contributed by atoms with Crippen molar-refractivity contribution in [3.8, 4) is 5.75 Å². The van der Waals surface area contributed by atoms with Gasteiger partial charge in [-0.3, -0.25) is 9.59 Å². The molecule has 0 aromatic heterocycles. The molecule has 0 fully saturated rings. The first kappa shape index (κ1) is 24.8. The lowest BCUT2D eigenvalue weighted by Crippen LogP contribution is -2.35. The quantitative estimate of drug-likeness (QED) is 0.158. The van der Waals surface area contributed by atoms with Gasteiger partial charge in [0.15, 0.2) is 5.79 Å². The van der Waals surface area contributed by atoms with Gasteiger partial charge in [0.25, 0.3) is 0 Å². The Kier molecular flexibility index (Phi) is 8.10.